The van der Waals surface area contributed by atoms with E-state index in [1.807, 2.05) is 32.4 Å². The Balaban J connectivity index is 0.000000175. The molecule has 4 heterocycles. The number of sulfone groups is 1. The van der Waals surface area contributed by atoms with Crippen LogP contribution in [0.4, 0.5) is 11.6 Å². The smallest absolute Gasteiger partial charge is 0.150 e. The summed E-state index contributed by atoms with van der Waals surface area (Å²) in [4.78, 5) is 28.1. The van der Waals surface area contributed by atoms with E-state index in [0.29, 0.717) is 23.6 Å². The van der Waals surface area contributed by atoms with E-state index in [9.17, 15) is 8.42 Å². The van der Waals surface area contributed by atoms with E-state index >= 15 is 0 Å². The van der Waals surface area contributed by atoms with E-state index in [1.165, 1.54) is 37.2 Å². The minimum Gasteiger partial charge on any atom is -0.356 e. The second kappa shape index (κ2) is 14.9. The van der Waals surface area contributed by atoms with E-state index in [2.05, 4.69) is 71.5 Å². The van der Waals surface area contributed by atoms with Crippen molar-refractivity contribution in [3.05, 3.63) is 37.2 Å². The van der Waals surface area contributed by atoms with Gasteiger partial charge in [-0.2, -0.15) is 11.8 Å². The van der Waals surface area contributed by atoms with Crippen LogP contribution in [0.25, 0.3) is 22.1 Å². The van der Waals surface area contributed by atoms with Gasteiger partial charge in [-0.15, -0.1) is 0 Å². The summed E-state index contributed by atoms with van der Waals surface area (Å²) in [6.45, 7) is 4.28. The maximum Gasteiger partial charge on any atom is 0.150 e. The van der Waals surface area contributed by atoms with E-state index in [4.69, 9.17) is 0 Å². The number of rotatable bonds is 14. The van der Waals surface area contributed by atoms with Crippen molar-refractivity contribution < 1.29 is 8.42 Å². The van der Waals surface area contributed by atoms with E-state index in [1.54, 1.807) is 12.7 Å². The Morgan fingerprint density at radius 1 is 0.795 bits per heavy atom. The van der Waals surface area contributed by atoms with Gasteiger partial charge in [0.25, 0.3) is 0 Å². The van der Waals surface area contributed by atoms with Gasteiger partial charge in [0.15, 0.2) is 9.84 Å². The van der Waals surface area contributed by atoms with Crippen LogP contribution in [0.3, 0.4) is 0 Å². The molecular weight excluding hydrogens is 593 g/mol. The molecule has 0 spiro atoms. The first-order valence-electron chi connectivity index (χ1n) is 16.1. The zero-order chi connectivity index (χ0) is 31.1. The molecule has 0 aromatic carbocycles. The Bertz CT molecular complexity index is 1580. The third kappa shape index (κ3) is 7.85. The molecule has 10 nitrogen and oxygen atoms in total. The van der Waals surface area contributed by atoms with Gasteiger partial charge in [-0.1, -0.05) is 26.7 Å². The summed E-state index contributed by atoms with van der Waals surface area (Å²) in [5.74, 6) is 6.46. The Kier molecular flexibility index (Phi) is 11.1. The summed E-state index contributed by atoms with van der Waals surface area (Å²) in [7, 11) is 1.30. The van der Waals surface area contributed by atoms with Crippen LogP contribution >= 0.6 is 11.8 Å². The van der Waals surface area contributed by atoms with Crippen LogP contribution in [-0.4, -0.2) is 87.5 Å². The van der Waals surface area contributed by atoms with Crippen LogP contribution in [0.1, 0.15) is 65.2 Å². The number of hydrogen-bond donors (Lipinski definition) is 2. The van der Waals surface area contributed by atoms with Crippen LogP contribution < -0.4 is 9.80 Å². The lowest BCUT2D eigenvalue weighted by atomic mass is 9.81. The molecule has 0 radical (unpaired) electrons. The first kappa shape index (κ1) is 32.5. The monoisotopic (exact) mass is 640 g/mol. The van der Waals surface area contributed by atoms with Crippen molar-refractivity contribution in [3.8, 4) is 0 Å². The van der Waals surface area contributed by atoms with E-state index in [0.717, 1.165) is 65.3 Å². The number of nitrogens with one attached hydrogen (secondary N) is 2. The predicted molar refractivity (Wildman–Crippen MR) is 183 cm³/mol. The van der Waals surface area contributed by atoms with E-state index < -0.39 is 9.84 Å². The maximum atomic E-state index is 12.0. The first-order valence-corrected chi connectivity index (χ1v) is 19.1. The lowest BCUT2D eigenvalue weighted by Crippen LogP contribution is -2.45. The number of hydrogen-bond acceptors (Lipinski definition) is 9. The molecule has 12 heteroatoms. The van der Waals surface area contributed by atoms with Crippen molar-refractivity contribution in [2.24, 2.45) is 11.8 Å². The quantitative estimate of drug-likeness (QED) is 0.158. The van der Waals surface area contributed by atoms with Gasteiger partial charge in [0.05, 0.1) is 22.3 Å². The summed E-state index contributed by atoms with van der Waals surface area (Å²) in [5.41, 5.74) is 1.76. The summed E-state index contributed by atoms with van der Waals surface area (Å²) < 4.78 is 24.1. The minimum atomic E-state index is -2.89. The van der Waals surface area contributed by atoms with Crippen LogP contribution in [0.15, 0.2) is 37.2 Å². The molecule has 0 unspecified atom stereocenters. The largest absolute Gasteiger partial charge is 0.356 e. The fourth-order valence-electron chi connectivity index (χ4n) is 6.23. The van der Waals surface area contributed by atoms with Crippen molar-refractivity contribution in [2.45, 2.75) is 77.3 Å². The van der Waals surface area contributed by atoms with Gasteiger partial charge in [0.2, 0.25) is 0 Å². The van der Waals surface area contributed by atoms with Gasteiger partial charge in [-0.05, 0) is 74.0 Å². The summed E-state index contributed by atoms with van der Waals surface area (Å²) in [6.07, 6.45) is 15.8. The van der Waals surface area contributed by atoms with Gasteiger partial charge >= 0.3 is 0 Å². The molecule has 2 fully saturated rings. The third-order valence-electron chi connectivity index (χ3n) is 9.15. The minimum absolute atomic E-state index is 0.285. The maximum absolute atomic E-state index is 12.0. The van der Waals surface area contributed by atoms with Gasteiger partial charge in [-0.25, -0.2) is 28.4 Å². The predicted octanol–water partition coefficient (Wildman–Crippen LogP) is 6.09. The van der Waals surface area contributed by atoms with Gasteiger partial charge < -0.3 is 19.8 Å². The highest BCUT2D eigenvalue weighted by Crippen LogP contribution is 2.37. The topological polar surface area (TPSA) is 124 Å². The number of fused-ring (bicyclic) bond motifs is 2. The molecule has 0 aliphatic heterocycles. The summed E-state index contributed by atoms with van der Waals surface area (Å²) in [5, 5.41) is 2.13. The zero-order valence-electron chi connectivity index (χ0n) is 26.6. The first-order chi connectivity index (χ1) is 21.3. The van der Waals surface area contributed by atoms with Crippen molar-refractivity contribution in [2.75, 3.05) is 46.9 Å². The molecule has 2 aliphatic carbocycles. The lowest BCUT2D eigenvalue weighted by molar-refractivity contribution is 0.282. The Morgan fingerprint density at radius 3 is 1.84 bits per heavy atom. The fourth-order valence-corrected chi connectivity index (χ4v) is 9.38. The molecule has 0 bridgehead atoms. The number of H-pyrrole nitrogens is 2. The van der Waals surface area contributed by atoms with Crippen LogP contribution in [0.5, 0.6) is 0 Å². The summed E-state index contributed by atoms with van der Waals surface area (Å²) >= 11 is 2.13. The number of thioether (sulfide) groups is 1. The molecule has 0 saturated heterocycles. The second-order valence-electron chi connectivity index (χ2n) is 12.5. The van der Waals surface area contributed by atoms with Gasteiger partial charge in [0, 0.05) is 38.6 Å². The normalized spacial score (nSPS) is 21.4. The van der Waals surface area contributed by atoms with Gasteiger partial charge in [0.1, 0.15) is 35.6 Å². The molecule has 2 saturated carbocycles. The molecule has 240 valence electrons. The molecular formula is C32H48N8O2S2. The van der Waals surface area contributed by atoms with Crippen molar-refractivity contribution in [1.29, 1.82) is 0 Å². The number of aromatic amines is 2. The summed E-state index contributed by atoms with van der Waals surface area (Å²) in [6, 6.07) is 5.04. The SMILES string of the molecule is CCCCS(=O)(=O)CC1CC(N(C)c2ncnc3[nH]ccc23)C1.CCCCSCC1CC(N(C)c2ncnc3[nH]ccc23)C1. The van der Waals surface area contributed by atoms with Crippen LogP contribution in [0, 0.1) is 11.8 Å². The Hall–Kier alpha value is -2.86. The average Bonchev–Trinajstić information content (AvgIpc) is 3.66. The molecule has 2 aliphatic rings. The number of unbranched alkanes of at least 4 members (excludes halogenated alkanes) is 2. The van der Waals surface area contributed by atoms with Crippen LogP contribution in [-0.2, 0) is 9.84 Å². The highest BCUT2D eigenvalue weighted by molar-refractivity contribution is 7.99. The van der Waals surface area contributed by atoms with Crippen molar-refractivity contribution in [3.63, 3.8) is 0 Å². The van der Waals surface area contributed by atoms with Gasteiger partial charge in [-0.3, -0.25) is 0 Å². The number of anilines is 2. The van der Waals surface area contributed by atoms with Crippen molar-refractivity contribution >= 4 is 55.3 Å². The standard InChI is InChI=1S/C16H24N4O2S.C16H24N4S/c1-3-4-7-23(21,22)10-12-8-13(9-12)20(2)16-14-5-6-17-15(14)18-11-19-16;1-3-4-7-21-10-12-8-13(9-12)20(2)16-14-5-6-17-15(14)18-11-19-16/h5-6,11-13H,3-4,7-10H2,1-2H3,(H,17,18,19);5-6,11-13H,3-4,7-10H2,1-2H3,(H,17,18,19). The average molecular weight is 641 g/mol. The Labute approximate surface area is 266 Å². The van der Waals surface area contributed by atoms with E-state index in [-0.39, 0.29) is 5.92 Å². The molecule has 6 rings (SSSR count). The molecule has 0 atom stereocenters. The molecule has 44 heavy (non-hydrogen) atoms. The fraction of sp³-hybridized carbons (Fsp3) is 0.625. The molecule has 4 aromatic heterocycles. The highest BCUT2D eigenvalue weighted by atomic mass is 32.2. The van der Waals surface area contributed by atoms with Crippen molar-refractivity contribution in [1.82, 2.24) is 29.9 Å². The third-order valence-corrected chi connectivity index (χ3v) is 12.3. The highest BCUT2D eigenvalue weighted by Gasteiger charge is 2.36. The lowest BCUT2D eigenvalue weighted by Gasteiger charge is -2.41. The Morgan fingerprint density at radius 2 is 1.32 bits per heavy atom. The van der Waals surface area contributed by atoms with Crippen LogP contribution in [0.2, 0.25) is 0 Å². The molecule has 0 amide bonds. The number of nitrogens with zero attached hydrogens (tertiary/aromatic N) is 6. The number of aromatic nitrogens is 6. The zero-order valence-corrected chi connectivity index (χ0v) is 28.2. The molecule has 2 N–H and O–H groups in total. The molecule has 4 aromatic rings. The second-order valence-corrected chi connectivity index (χ2v) is 15.9.